The fourth-order valence-corrected chi connectivity index (χ4v) is 4.15. The van der Waals surface area contributed by atoms with Crippen molar-refractivity contribution in [2.24, 2.45) is 0 Å². The Balaban J connectivity index is 1.66. The summed E-state index contributed by atoms with van der Waals surface area (Å²) < 4.78 is 6.42. The number of carbonyl (C=O) groups is 1. The highest BCUT2D eigenvalue weighted by molar-refractivity contribution is 6.40. The number of rotatable bonds is 5. The number of halogens is 2. The van der Waals surface area contributed by atoms with E-state index in [-0.39, 0.29) is 5.91 Å². The molecule has 0 atom stereocenters. The van der Waals surface area contributed by atoms with E-state index < -0.39 is 0 Å². The van der Waals surface area contributed by atoms with E-state index >= 15 is 0 Å². The lowest BCUT2D eigenvalue weighted by atomic mass is 10.0. The van der Waals surface area contributed by atoms with Crippen LogP contribution in [0.4, 0.5) is 5.69 Å². The number of anilines is 1. The van der Waals surface area contributed by atoms with Gasteiger partial charge in [0.1, 0.15) is 6.54 Å². The Bertz CT molecular complexity index is 780. The monoisotopic (exact) mass is 407 g/mol. The molecule has 6 heteroatoms. The van der Waals surface area contributed by atoms with Crippen LogP contribution >= 0.6 is 23.2 Å². The summed E-state index contributed by atoms with van der Waals surface area (Å²) in [4.78, 5) is 12.5. The van der Waals surface area contributed by atoms with Gasteiger partial charge in [0.15, 0.2) is 0 Å². The van der Waals surface area contributed by atoms with Crippen molar-refractivity contribution in [3.05, 3.63) is 63.6 Å². The third-order valence-electron chi connectivity index (χ3n) is 5.17. The van der Waals surface area contributed by atoms with Crippen LogP contribution in [-0.4, -0.2) is 43.7 Å². The lowest BCUT2D eigenvalue weighted by molar-refractivity contribution is -0.929. The first-order valence-corrected chi connectivity index (χ1v) is 9.87. The van der Waals surface area contributed by atoms with Gasteiger partial charge in [0.25, 0.3) is 5.91 Å². The molecule has 0 aromatic heterocycles. The Morgan fingerprint density at radius 2 is 1.67 bits per heavy atom. The molecule has 1 saturated heterocycles. The summed E-state index contributed by atoms with van der Waals surface area (Å²) in [5.74, 6) is -0.309. The molecule has 0 radical (unpaired) electrons. The van der Waals surface area contributed by atoms with Crippen LogP contribution in [0, 0.1) is 0 Å². The summed E-state index contributed by atoms with van der Waals surface area (Å²) in [5, 5.41) is 3.54. The van der Waals surface area contributed by atoms with E-state index in [9.17, 15) is 4.79 Å². The van der Waals surface area contributed by atoms with Crippen LogP contribution in [0.1, 0.15) is 28.8 Å². The van der Waals surface area contributed by atoms with Crippen molar-refractivity contribution in [2.45, 2.75) is 25.4 Å². The average molecular weight is 408 g/mol. The summed E-state index contributed by atoms with van der Waals surface area (Å²) in [7, 11) is 4.54. The lowest BCUT2D eigenvalue weighted by Gasteiger charge is -2.40. The van der Waals surface area contributed by atoms with Crippen molar-refractivity contribution in [3.8, 4) is 0 Å². The number of ether oxygens (including phenoxy) is 1. The summed E-state index contributed by atoms with van der Waals surface area (Å²) in [5.41, 5.74) is 2.25. The van der Waals surface area contributed by atoms with E-state index in [4.69, 9.17) is 27.9 Å². The van der Waals surface area contributed by atoms with E-state index in [1.807, 2.05) is 12.1 Å². The van der Waals surface area contributed by atoms with Gasteiger partial charge in [0, 0.05) is 24.1 Å². The average Bonchev–Trinajstić information content (AvgIpc) is 2.64. The number of hydrogen-bond acceptors (Lipinski definition) is 2. The third-order valence-corrected chi connectivity index (χ3v) is 5.80. The van der Waals surface area contributed by atoms with Gasteiger partial charge in [-0.3, -0.25) is 4.79 Å². The zero-order valence-electron chi connectivity index (χ0n) is 15.7. The Morgan fingerprint density at radius 1 is 1.07 bits per heavy atom. The number of amides is 1. The standard InChI is InChI=1S/C21H24Cl2N2O2/c1-25(2,17-10-12-27-13-11-17)14-15-6-8-16(9-7-15)24-21(26)20-18(22)4-3-5-19(20)23/h3-9,17H,10-14H2,1-2H3/p+1. The molecular formula is C21H25Cl2N2O2+. The molecule has 0 aliphatic carbocycles. The molecule has 1 aliphatic rings. The van der Waals surface area contributed by atoms with E-state index in [0.717, 1.165) is 42.8 Å². The summed E-state index contributed by atoms with van der Waals surface area (Å²) in [6.45, 7) is 2.64. The van der Waals surface area contributed by atoms with Crippen molar-refractivity contribution in [1.29, 1.82) is 0 Å². The SMILES string of the molecule is C[N+](C)(Cc1ccc(NC(=O)c2c(Cl)cccc2Cl)cc1)C1CCOCC1. The van der Waals surface area contributed by atoms with Crippen LogP contribution in [-0.2, 0) is 11.3 Å². The van der Waals surface area contributed by atoms with Crippen LogP contribution in [0.3, 0.4) is 0 Å². The van der Waals surface area contributed by atoms with Gasteiger partial charge in [0.2, 0.25) is 0 Å². The van der Waals surface area contributed by atoms with E-state index in [0.29, 0.717) is 21.7 Å². The van der Waals surface area contributed by atoms with Gasteiger partial charge < -0.3 is 14.5 Å². The molecule has 0 bridgehead atoms. The molecule has 0 unspecified atom stereocenters. The molecule has 1 amide bonds. The third kappa shape index (κ3) is 5.02. The van der Waals surface area contributed by atoms with Crippen molar-refractivity contribution in [1.82, 2.24) is 0 Å². The fraction of sp³-hybridized carbons (Fsp3) is 0.381. The second-order valence-electron chi connectivity index (χ2n) is 7.53. The second-order valence-corrected chi connectivity index (χ2v) is 8.34. The quantitative estimate of drug-likeness (QED) is 0.707. The van der Waals surface area contributed by atoms with Crippen LogP contribution in [0.5, 0.6) is 0 Å². The molecule has 0 saturated carbocycles. The van der Waals surface area contributed by atoms with Crippen LogP contribution < -0.4 is 5.32 Å². The molecule has 2 aromatic rings. The van der Waals surface area contributed by atoms with E-state index in [1.165, 1.54) is 5.56 Å². The van der Waals surface area contributed by atoms with Crippen molar-refractivity contribution >= 4 is 34.8 Å². The maximum absolute atomic E-state index is 12.5. The zero-order chi connectivity index (χ0) is 19.4. The first-order valence-electron chi connectivity index (χ1n) is 9.11. The number of benzene rings is 2. The molecule has 1 N–H and O–H groups in total. The molecule has 0 spiro atoms. The summed E-state index contributed by atoms with van der Waals surface area (Å²) in [6.07, 6.45) is 2.19. The fourth-order valence-electron chi connectivity index (χ4n) is 3.59. The maximum Gasteiger partial charge on any atom is 0.258 e. The minimum atomic E-state index is -0.309. The highest BCUT2D eigenvalue weighted by atomic mass is 35.5. The number of hydrogen-bond donors (Lipinski definition) is 1. The van der Waals surface area contributed by atoms with E-state index in [2.05, 4.69) is 31.5 Å². The highest BCUT2D eigenvalue weighted by Gasteiger charge is 2.30. The lowest BCUT2D eigenvalue weighted by Crippen LogP contribution is -2.50. The minimum Gasteiger partial charge on any atom is -0.381 e. The predicted octanol–water partition coefficient (Wildman–Crippen LogP) is 5.00. The van der Waals surface area contributed by atoms with Gasteiger partial charge >= 0.3 is 0 Å². The maximum atomic E-state index is 12.5. The molecule has 1 fully saturated rings. The molecule has 144 valence electrons. The van der Waals surface area contributed by atoms with Crippen molar-refractivity contribution in [2.75, 3.05) is 32.6 Å². The number of nitrogens with zero attached hydrogens (tertiary/aromatic N) is 1. The van der Waals surface area contributed by atoms with E-state index in [1.54, 1.807) is 18.2 Å². The molecular weight excluding hydrogens is 383 g/mol. The molecule has 3 rings (SSSR count). The first kappa shape index (κ1) is 20.2. The Morgan fingerprint density at radius 3 is 2.26 bits per heavy atom. The highest BCUT2D eigenvalue weighted by Crippen LogP contribution is 2.26. The predicted molar refractivity (Wildman–Crippen MR) is 111 cm³/mol. The van der Waals surface area contributed by atoms with Gasteiger partial charge in [0.05, 0.1) is 49.0 Å². The Hall–Kier alpha value is -1.59. The van der Waals surface area contributed by atoms with Gasteiger partial charge in [-0.2, -0.15) is 0 Å². The number of quaternary nitrogens is 1. The van der Waals surface area contributed by atoms with Crippen LogP contribution in [0.15, 0.2) is 42.5 Å². The van der Waals surface area contributed by atoms with Gasteiger partial charge in [-0.15, -0.1) is 0 Å². The smallest absolute Gasteiger partial charge is 0.258 e. The molecule has 4 nitrogen and oxygen atoms in total. The molecule has 1 aliphatic heterocycles. The molecule has 27 heavy (non-hydrogen) atoms. The number of carbonyl (C=O) groups excluding carboxylic acids is 1. The van der Waals surface area contributed by atoms with Crippen molar-refractivity contribution < 1.29 is 14.0 Å². The topological polar surface area (TPSA) is 38.3 Å². The van der Waals surface area contributed by atoms with Gasteiger partial charge in [-0.05, 0) is 24.3 Å². The van der Waals surface area contributed by atoms with Crippen LogP contribution in [0.2, 0.25) is 10.0 Å². The molecule has 1 heterocycles. The normalized spacial score (nSPS) is 15.6. The Kier molecular flexibility index (Phi) is 6.43. The Labute approximate surface area is 170 Å². The molecule has 2 aromatic carbocycles. The second kappa shape index (κ2) is 8.61. The first-order chi connectivity index (χ1) is 12.9. The zero-order valence-corrected chi connectivity index (χ0v) is 17.2. The summed E-state index contributed by atoms with van der Waals surface area (Å²) >= 11 is 12.2. The van der Waals surface area contributed by atoms with Crippen molar-refractivity contribution in [3.63, 3.8) is 0 Å². The largest absolute Gasteiger partial charge is 0.381 e. The summed E-state index contributed by atoms with van der Waals surface area (Å²) in [6, 6.07) is 13.6. The minimum absolute atomic E-state index is 0.294. The van der Waals surface area contributed by atoms with Crippen LogP contribution in [0.25, 0.3) is 0 Å². The van der Waals surface area contributed by atoms with Gasteiger partial charge in [-0.1, -0.05) is 41.4 Å². The number of nitrogens with one attached hydrogen (secondary N) is 1. The van der Waals surface area contributed by atoms with Gasteiger partial charge in [-0.25, -0.2) is 0 Å².